The molecule has 1 aromatic carbocycles. The Balaban J connectivity index is 2.45. The number of carbonyl (C=O) groups is 2. The monoisotopic (exact) mass is 323 g/mol. The molecule has 1 N–H and O–H groups in total. The van der Waals surface area contributed by atoms with Gasteiger partial charge in [-0.15, -0.1) is 0 Å². The Bertz CT molecular complexity index is 710. The zero-order valence-electron chi connectivity index (χ0n) is 12.0. The minimum absolute atomic E-state index is 0.0441. The Morgan fingerprint density at radius 2 is 2.05 bits per heavy atom. The molecule has 0 aliphatic rings. The van der Waals surface area contributed by atoms with Crippen LogP contribution in [0.25, 0.3) is 0 Å². The zero-order chi connectivity index (χ0) is 16.3. The van der Waals surface area contributed by atoms with Gasteiger partial charge in [0.1, 0.15) is 11.5 Å². The van der Waals surface area contributed by atoms with E-state index in [1.807, 2.05) is 0 Å². The lowest BCUT2D eigenvalue weighted by molar-refractivity contribution is 0.0697. The van der Waals surface area contributed by atoms with E-state index in [-0.39, 0.29) is 22.8 Å². The molecule has 0 saturated heterocycles. The van der Waals surface area contributed by atoms with Crippen LogP contribution in [0.4, 0.5) is 10.5 Å². The molecular weight excluding hydrogens is 310 g/mol. The summed E-state index contributed by atoms with van der Waals surface area (Å²) in [5, 5.41) is 9.57. The third kappa shape index (κ3) is 3.40. The number of carbonyl (C=O) groups excluding carboxylic acids is 1. The van der Waals surface area contributed by atoms with Crippen LogP contribution in [-0.4, -0.2) is 24.3 Å². The third-order valence-electron chi connectivity index (χ3n) is 2.98. The lowest BCUT2D eigenvalue weighted by Gasteiger charge is -2.22. The van der Waals surface area contributed by atoms with Crippen LogP contribution in [0.15, 0.2) is 34.7 Å². The molecule has 2 rings (SSSR count). The number of amides is 1. The maximum Gasteiger partial charge on any atom is 0.414 e. The highest BCUT2D eigenvalue weighted by Gasteiger charge is 2.24. The minimum Gasteiger partial charge on any atom is -0.478 e. The zero-order valence-corrected chi connectivity index (χ0v) is 12.8. The summed E-state index contributed by atoms with van der Waals surface area (Å²) >= 11 is 5.83. The summed E-state index contributed by atoms with van der Waals surface area (Å²) in [5.74, 6) is 0.00518. The smallest absolute Gasteiger partial charge is 0.414 e. The van der Waals surface area contributed by atoms with Crippen molar-refractivity contribution in [1.29, 1.82) is 0 Å². The second-order valence-electron chi connectivity index (χ2n) is 4.54. The normalized spacial score (nSPS) is 10.3. The van der Waals surface area contributed by atoms with Crippen molar-refractivity contribution in [2.24, 2.45) is 0 Å². The molecule has 116 valence electrons. The molecule has 1 aromatic heterocycles. The Hall–Kier alpha value is -2.47. The van der Waals surface area contributed by atoms with Crippen LogP contribution >= 0.6 is 11.6 Å². The minimum atomic E-state index is -1.19. The second kappa shape index (κ2) is 6.53. The van der Waals surface area contributed by atoms with E-state index < -0.39 is 12.1 Å². The maximum atomic E-state index is 12.0. The molecule has 0 fully saturated rings. The van der Waals surface area contributed by atoms with Gasteiger partial charge < -0.3 is 14.3 Å². The van der Waals surface area contributed by atoms with Crippen molar-refractivity contribution in [3.05, 3.63) is 52.4 Å². The van der Waals surface area contributed by atoms with Crippen molar-refractivity contribution in [1.82, 2.24) is 0 Å². The van der Waals surface area contributed by atoms with Crippen molar-refractivity contribution in [2.75, 3.05) is 12.0 Å². The summed E-state index contributed by atoms with van der Waals surface area (Å²) in [4.78, 5) is 24.6. The number of ether oxygens (including phenoxy) is 1. The highest BCUT2D eigenvalue weighted by Crippen LogP contribution is 2.27. The van der Waals surface area contributed by atoms with Crippen LogP contribution in [0.3, 0.4) is 0 Å². The molecule has 0 spiro atoms. The van der Waals surface area contributed by atoms with Gasteiger partial charge in [-0.2, -0.15) is 0 Å². The number of benzene rings is 1. The van der Waals surface area contributed by atoms with Gasteiger partial charge in [0.25, 0.3) is 0 Å². The van der Waals surface area contributed by atoms with Crippen molar-refractivity contribution in [2.45, 2.75) is 13.5 Å². The molecule has 7 heteroatoms. The highest BCUT2D eigenvalue weighted by atomic mass is 35.5. The van der Waals surface area contributed by atoms with Crippen LogP contribution in [0.1, 0.15) is 21.9 Å². The van der Waals surface area contributed by atoms with E-state index in [1.54, 1.807) is 19.1 Å². The van der Waals surface area contributed by atoms with E-state index in [4.69, 9.17) is 20.8 Å². The lowest BCUT2D eigenvalue weighted by atomic mass is 10.1. The number of carboxylic acid groups (broad SMARTS) is 1. The van der Waals surface area contributed by atoms with Crippen LogP contribution in [0, 0.1) is 6.92 Å². The number of furan rings is 1. The molecule has 0 aliphatic heterocycles. The number of halogens is 1. The van der Waals surface area contributed by atoms with E-state index in [0.717, 1.165) is 0 Å². The second-order valence-corrected chi connectivity index (χ2v) is 4.97. The van der Waals surface area contributed by atoms with Gasteiger partial charge in [0, 0.05) is 5.02 Å². The molecular formula is C15H14ClNO5. The Labute approximate surface area is 131 Å². The van der Waals surface area contributed by atoms with Crippen molar-refractivity contribution < 1.29 is 23.8 Å². The molecule has 1 heterocycles. The van der Waals surface area contributed by atoms with Gasteiger partial charge in [0.2, 0.25) is 0 Å². The van der Waals surface area contributed by atoms with E-state index in [0.29, 0.717) is 11.5 Å². The largest absolute Gasteiger partial charge is 0.478 e. The van der Waals surface area contributed by atoms with Gasteiger partial charge in [-0.25, -0.2) is 9.59 Å². The van der Waals surface area contributed by atoms with E-state index >= 15 is 0 Å². The molecule has 0 saturated carbocycles. The quantitative estimate of drug-likeness (QED) is 0.927. The first-order valence-corrected chi connectivity index (χ1v) is 6.74. The number of aromatic carboxylic acids is 1. The van der Waals surface area contributed by atoms with Crippen molar-refractivity contribution >= 4 is 29.4 Å². The number of hydrogen-bond donors (Lipinski definition) is 1. The predicted octanol–water partition coefficient (Wildman–Crippen LogP) is 3.71. The molecule has 0 atom stereocenters. The van der Waals surface area contributed by atoms with E-state index in [1.165, 1.54) is 30.2 Å². The number of carboxylic acids is 1. The number of nitrogens with zero attached hydrogens (tertiary/aromatic N) is 1. The Morgan fingerprint density at radius 1 is 1.32 bits per heavy atom. The molecule has 0 radical (unpaired) electrons. The molecule has 0 aliphatic carbocycles. The van der Waals surface area contributed by atoms with Gasteiger partial charge in [0.15, 0.2) is 0 Å². The van der Waals surface area contributed by atoms with Crippen LogP contribution in [0.2, 0.25) is 5.02 Å². The first-order valence-electron chi connectivity index (χ1n) is 6.36. The summed E-state index contributed by atoms with van der Waals surface area (Å²) in [5.41, 5.74) is 0.0824. The molecule has 2 aromatic rings. The first kappa shape index (κ1) is 15.9. The fourth-order valence-electron chi connectivity index (χ4n) is 2.00. The fraction of sp³-hybridized carbons (Fsp3) is 0.200. The number of rotatable bonds is 4. The fourth-order valence-corrected chi connectivity index (χ4v) is 2.17. The standard InChI is InChI=1S/C15H14ClNO5/c1-9-3-5-11(22-9)8-17(15(20)21-2)13-6-4-10(16)7-12(13)14(18)19/h3-7H,8H2,1-2H3,(H,18,19). The summed E-state index contributed by atoms with van der Waals surface area (Å²) in [7, 11) is 1.22. The van der Waals surface area contributed by atoms with E-state index in [2.05, 4.69) is 0 Å². The molecule has 0 unspecified atom stereocenters. The van der Waals surface area contributed by atoms with Gasteiger partial charge >= 0.3 is 12.1 Å². The summed E-state index contributed by atoms with van der Waals surface area (Å²) in [6.45, 7) is 1.82. The maximum absolute atomic E-state index is 12.0. The number of methoxy groups -OCH3 is 1. The van der Waals surface area contributed by atoms with E-state index in [9.17, 15) is 14.7 Å². The van der Waals surface area contributed by atoms with Crippen LogP contribution < -0.4 is 4.90 Å². The van der Waals surface area contributed by atoms with Crippen molar-refractivity contribution in [3.63, 3.8) is 0 Å². The molecule has 0 bridgehead atoms. The lowest BCUT2D eigenvalue weighted by Crippen LogP contribution is -2.31. The van der Waals surface area contributed by atoms with Crippen molar-refractivity contribution in [3.8, 4) is 0 Å². The number of aryl methyl sites for hydroxylation is 1. The number of anilines is 1. The SMILES string of the molecule is COC(=O)N(Cc1ccc(C)o1)c1ccc(Cl)cc1C(=O)O. The van der Waals surface area contributed by atoms with Crippen LogP contribution in [-0.2, 0) is 11.3 Å². The summed E-state index contributed by atoms with van der Waals surface area (Å²) in [6, 6.07) is 7.71. The van der Waals surface area contributed by atoms with Gasteiger partial charge in [0.05, 0.1) is 24.9 Å². The van der Waals surface area contributed by atoms with Crippen LogP contribution in [0.5, 0.6) is 0 Å². The average molecular weight is 324 g/mol. The first-order chi connectivity index (χ1) is 10.4. The Kier molecular flexibility index (Phi) is 4.72. The van der Waals surface area contributed by atoms with Gasteiger partial charge in [-0.1, -0.05) is 11.6 Å². The summed E-state index contributed by atoms with van der Waals surface area (Å²) < 4.78 is 10.2. The predicted molar refractivity (Wildman–Crippen MR) is 80.4 cm³/mol. The average Bonchev–Trinajstić information content (AvgIpc) is 2.89. The Morgan fingerprint density at radius 3 is 2.59 bits per heavy atom. The molecule has 1 amide bonds. The summed E-state index contributed by atoms with van der Waals surface area (Å²) in [6.07, 6.45) is -0.695. The molecule has 6 nitrogen and oxygen atoms in total. The topological polar surface area (TPSA) is 80.0 Å². The van der Waals surface area contributed by atoms with Gasteiger partial charge in [-0.3, -0.25) is 4.90 Å². The number of hydrogen-bond acceptors (Lipinski definition) is 4. The third-order valence-corrected chi connectivity index (χ3v) is 3.22. The van der Waals surface area contributed by atoms with Gasteiger partial charge in [-0.05, 0) is 37.3 Å². The highest BCUT2D eigenvalue weighted by molar-refractivity contribution is 6.31. The molecule has 22 heavy (non-hydrogen) atoms.